The summed E-state index contributed by atoms with van der Waals surface area (Å²) in [6.07, 6.45) is 0. The maximum Gasteiger partial charge on any atom is 0.272 e. The fraction of sp³-hybridized carbons (Fsp3) is 0.143. The van der Waals surface area contributed by atoms with Gasteiger partial charge in [0.2, 0.25) is 0 Å². The maximum atomic E-state index is 13.0. The predicted molar refractivity (Wildman–Crippen MR) is 71.6 cm³/mol. The summed E-state index contributed by atoms with van der Waals surface area (Å²) in [5.41, 5.74) is 2.27. The van der Waals surface area contributed by atoms with Crippen LogP contribution in [-0.4, -0.2) is 4.92 Å². The lowest BCUT2D eigenvalue weighted by Gasteiger charge is -2.07. The number of aryl methyl sites for hydroxylation is 1. The van der Waals surface area contributed by atoms with Gasteiger partial charge in [-0.15, -0.1) is 0 Å². The smallest absolute Gasteiger partial charge is 0.272 e. The van der Waals surface area contributed by atoms with Gasteiger partial charge in [0.15, 0.2) is 0 Å². The highest BCUT2D eigenvalue weighted by atomic mass is 19.1. The van der Waals surface area contributed by atoms with Crippen LogP contribution in [0.15, 0.2) is 42.5 Å². The number of benzene rings is 2. The first-order valence-electron chi connectivity index (χ1n) is 5.79. The molecule has 5 heteroatoms. The van der Waals surface area contributed by atoms with Crippen LogP contribution in [0.5, 0.6) is 0 Å². The molecular formula is C14H13FN2O2. The monoisotopic (exact) mass is 260 g/mol. The molecule has 0 atom stereocenters. The average molecular weight is 260 g/mol. The van der Waals surface area contributed by atoms with Gasteiger partial charge in [0, 0.05) is 23.9 Å². The second-order valence-electron chi connectivity index (χ2n) is 4.24. The van der Waals surface area contributed by atoms with Gasteiger partial charge in [-0.3, -0.25) is 10.1 Å². The fourth-order valence-electron chi connectivity index (χ4n) is 1.82. The van der Waals surface area contributed by atoms with Crippen molar-refractivity contribution in [3.05, 3.63) is 69.5 Å². The van der Waals surface area contributed by atoms with E-state index >= 15 is 0 Å². The van der Waals surface area contributed by atoms with E-state index in [0.29, 0.717) is 12.1 Å². The lowest BCUT2D eigenvalue weighted by atomic mass is 10.1. The zero-order valence-electron chi connectivity index (χ0n) is 10.4. The van der Waals surface area contributed by atoms with Crippen LogP contribution in [-0.2, 0) is 6.54 Å². The highest BCUT2D eigenvalue weighted by molar-refractivity contribution is 5.53. The highest BCUT2D eigenvalue weighted by Gasteiger charge is 2.09. The lowest BCUT2D eigenvalue weighted by Crippen LogP contribution is -2.00. The molecule has 2 aromatic carbocycles. The molecule has 2 rings (SSSR count). The van der Waals surface area contributed by atoms with E-state index in [-0.39, 0.29) is 11.5 Å². The molecule has 0 spiro atoms. The molecule has 0 aliphatic rings. The first-order chi connectivity index (χ1) is 9.06. The second kappa shape index (κ2) is 5.48. The van der Waals surface area contributed by atoms with Gasteiger partial charge in [0.1, 0.15) is 5.82 Å². The van der Waals surface area contributed by atoms with Crippen LogP contribution < -0.4 is 5.32 Å². The number of halogens is 1. The summed E-state index contributed by atoms with van der Waals surface area (Å²) in [6, 6.07) is 11.1. The number of nitrogens with one attached hydrogen (secondary N) is 1. The third-order valence-corrected chi connectivity index (χ3v) is 2.78. The van der Waals surface area contributed by atoms with Gasteiger partial charge in [-0.25, -0.2) is 4.39 Å². The molecule has 0 aromatic heterocycles. The molecule has 1 N–H and O–H groups in total. The molecule has 4 nitrogen and oxygen atoms in total. The van der Waals surface area contributed by atoms with E-state index in [1.165, 1.54) is 18.2 Å². The normalized spacial score (nSPS) is 10.2. The maximum absolute atomic E-state index is 13.0. The standard InChI is InChI=1S/C14H13FN2O2/c1-10-7-13(5-6-14(10)17(18)19)16-9-11-3-2-4-12(15)8-11/h2-8,16H,9H2,1H3. The van der Waals surface area contributed by atoms with E-state index in [2.05, 4.69) is 5.32 Å². The Balaban J connectivity index is 2.08. The summed E-state index contributed by atoms with van der Waals surface area (Å²) in [5, 5.41) is 13.8. The first-order valence-corrected chi connectivity index (χ1v) is 5.79. The summed E-state index contributed by atoms with van der Waals surface area (Å²) in [4.78, 5) is 10.3. The molecule has 98 valence electrons. The van der Waals surface area contributed by atoms with Crippen LogP contribution in [0.1, 0.15) is 11.1 Å². The molecule has 2 aromatic rings. The Bertz CT molecular complexity index is 614. The third-order valence-electron chi connectivity index (χ3n) is 2.78. The molecule has 0 unspecified atom stereocenters. The van der Waals surface area contributed by atoms with Crippen LogP contribution in [0.3, 0.4) is 0 Å². The largest absolute Gasteiger partial charge is 0.381 e. The third kappa shape index (κ3) is 3.28. The average Bonchev–Trinajstić information content (AvgIpc) is 2.36. The number of nitrogens with zero attached hydrogens (tertiary/aromatic N) is 1. The van der Waals surface area contributed by atoms with Gasteiger partial charge in [0.25, 0.3) is 5.69 Å². The Morgan fingerprint density at radius 1 is 1.26 bits per heavy atom. The van der Waals surface area contributed by atoms with E-state index in [9.17, 15) is 14.5 Å². The summed E-state index contributed by atoms with van der Waals surface area (Å²) in [7, 11) is 0. The van der Waals surface area contributed by atoms with Crippen molar-refractivity contribution in [3.8, 4) is 0 Å². The number of anilines is 1. The van der Waals surface area contributed by atoms with Crippen molar-refractivity contribution >= 4 is 11.4 Å². The summed E-state index contributed by atoms with van der Waals surface area (Å²) in [5.74, 6) is -0.279. The van der Waals surface area contributed by atoms with Crippen molar-refractivity contribution in [1.29, 1.82) is 0 Å². The van der Waals surface area contributed by atoms with E-state index in [1.807, 2.05) is 6.07 Å². The molecule has 0 aliphatic heterocycles. The van der Waals surface area contributed by atoms with Gasteiger partial charge in [-0.1, -0.05) is 12.1 Å². The van der Waals surface area contributed by atoms with Crippen molar-refractivity contribution < 1.29 is 9.31 Å². The zero-order valence-corrected chi connectivity index (χ0v) is 10.4. The van der Waals surface area contributed by atoms with Crippen LogP contribution in [0.4, 0.5) is 15.8 Å². The molecule has 0 saturated carbocycles. The van der Waals surface area contributed by atoms with E-state index in [0.717, 1.165) is 11.3 Å². The van der Waals surface area contributed by atoms with Crippen molar-refractivity contribution in [2.45, 2.75) is 13.5 Å². The Kier molecular flexibility index (Phi) is 3.75. The molecule has 0 bridgehead atoms. The number of rotatable bonds is 4. The summed E-state index contributed by atoms with van der Waals surface area (Å²) < 4.78 is 13.0. The van der Waals surface area contributed by atoms with E-state index < -0.39 is 4.92 Å². The van der Waals surface area contributed by atoms with Crippen LogP contribution in [0, 0.1) is 22.9 Å². The second-order valence-corrected chi connectivity index (χ2v) is 4.24. The van der Waals surface area contributed by atoms with Crippen molar-refractivity contribution in [2.24, 2.45) is 0 Å². The number of hydrogen-bond donors (Lipinski definition) is 1. The highest BCUT2D eigenvalue weighted by Crippen LogP contribution is 2.21. The Hall–Kier alpha value is -2.43. The summed E-state index contributed by atoms with van der Waals surface area (Å²) in [6.45, 7) is 2.15. The number of nitro benzene ring substituents is 1. The van der Waals surface area contributed by atoms with Crippen molar-refractivity contribution in [3.63, 3.8) is 0 Å². The molecule has 0 fully saturated rings. The minimum absolute atomic E-state index is 0.0938. The van der Waals surface area contributed by atoms with Crippen LogP contribution in [0.25, 0.3) is 0 Å². The molecule has 0 saturated heterocycles. The fourth-order valence-corrected chi connectivity index (χ4v) is 1.82. The SMILES string of the molecule is Cc1cc(NCc2cccc(F)c2)ccc1[N+](=O)[O-]. The number of hydrogen-bond acceptors (Lipinski definition) is 3. The van der Waals surface area contributed by atoms with Crippen LogP contribution in [0.2, 0.25) is 0 Å². The Morgan fingerprint density at radius 3 is 2.68 bits per heavy atom. The zero-order chi connectivity index (χ0) is 13.8. The molecule has 0 aliphatic carbocycles. The van der Waals surface area contributed by atoms with Gasteiger partial charge in [-0.2, -0.15) is 0 Å². The topological polar surface area (TPSA) is 55.2 Å². The lowest BCUT2D eigenvalue weighted by molar-refractivity contribution is -0.385. The minimum Gasteiger partial charge on any atom is -0.381 e. The molecular weight excluding hydrogens is 247 g/mol. The quantitative estimate of drug-likeness (QED) is 0.674. The minimum atomic E-state index is -0.411. The van der Waals surface area contributed by atoms with E-state index in [4.69, 9.17) is 0 Å². The van der Waals surface area contributed by atoms with Gasteiger partial charge < -0.3 is 5.32 Å². The summed E-state index contributed by atoms with van der Waals surface area (Å²) >= 11 is 0. The predicted octanol–water partition coefficient (Wildman–Crippen LogP) is 3.65. The first kappa shape index (κ1) is 13.0. The van der Waals surface area contributed by atoms with Gasteiger partial charge in [-0.05, 0) is 36.8 Å². The van der Waals surface area contributed by atoms with Crippen molar-refractivity contribution in [2.75, 3.05) is 5.32 Å². The van der Waals surface area contributed by atoms with E-state index in [1.54, 1.807) is 25.1 Å². The van der Waals surface area contributed by atoms with Gasteiger partial charge in [0.05, 0.1) is 4.92 Å². The molecule has 0 amide bonds. The molecule has 0 heterocycles. The van der Waals surface area contributed by atoms with Crippen LogP contribution >= 0.6 is 0 Å². The number of nitro groups is 1. The molecule has 0 radical (unpaired) electrons. The Labute approximate surface area is 110 Å². The van der Waals surface area contributed by atoms with Crippen molar-refractivity contribution in [1.82, 2.24) is 0 Å². The van der Waals surface area contributed by atoms with Gasteiger partial charge >= 0.3 is 0 Å². The Morgan fingerprint density at radius 2 is 2.05 bits per heavy atom. The molecule has 19 heavy (non-hydrogen) atoms.